The van der Waals surface area contributed by atoms with Gasteiger partial charge in [0.25, 0.3) is 0 Å². The van der Waals surface area contributed by atoms with Crippen LogP contribution in [-0.4, -0.2) is 27.5 Å². The minimum atomic E-state index is -1.75. The molecule has 0 aromatic heterocycles. The van der Waals surface area contributed by atoms with Gasteiger partial charge in [-0.1, -0.05) is 31.4 Å². The molecular weight excluding hydrogens is 415 g/mol. The average molecular weight is 443 g/mol. The average Bonchev–Trinajstić information content (AvgIpc) is 3.28. The second kappa shape index (κ2) is 8.27. The Kier molecular flexibility index (Phi) is 6.07. The van der Waals surface area contributed by atoms with Gasteiger partial charge in [0, 0.05) is 17.5 Å². The van der Waals surface area contributed by atoms with Gasteiger partial charge in [-0.15, -0.1) is 0 Å². The Bertz CT molecular complexity index is 776. The monoisotopic (exact) mass is 442 g/mol. The highest BCUT2D eigenvalue weighted by Gasteiger charge is 2.44. The van der Waals surface area contributed by atoms with E-state index in [0.717, 1.165) is 24.7 Å². The first kappa shape index (κ1) is 21.3. The van der Waals surface area contributed by atoms with Crippen molar-refractivity contribution in [2.45, 2.75) is 68.4 Å². The predicted octanol–water partition coefficient (Wildman–Crippen LogP) is 5.44. The maximum Gasteiger partial charge on any atom is 0.311 e. The van der Waals surface area contributed by atoms with E-state index in [9.17, 15) is 18.8 Å². The van der Waals surface area contributed by atoms with Gasteiger partial charge in [-0.3, -0.25) is 4.79 Å². The third-order valence-electron chi connectivity index (χ3n) is 7.04. The summed E-state index contributed by atoms with van der Waals surface area (Å²) in [6.07, 6.45) is 7.86. The summed E-state index contributed by atoms with van der Waals surface area (Å²) in [7, 11) is 0. The van der Waals surface area contributed by atoms with Crippen molar-refractivity contribution in [2.75, 3.05) is 6.61 Å². The van der Waals surface area contributed by atoms with Crippen LogP contribution in [0.3, 0.4) is 0 Å². The molecule has 0 amide bonds. The number of hydrogen-bond acceptors (Lipinski definition) is 3. The van der Waals surface area contributed by atoms with E-state index in [1.54, 1.807) is 0 Å². The summed E-state index contributed by atoms with van der Waals surface area (Å²) in [4.78, 5) is 11.4. The van der Waals surface area contributed by atoms with Crippen molar-refractivity contribution in [3.05, 3.63) is 23.0 Å². The van der Waals surface area contributed by atoms with Crippen LogP contribution in [0.25, 0.3) is 0 Å². The molecule has 3 saturated carbocycles. The number of carboxylic acid groups (broad SMARTS) is 1. The van der Waals surface area contributed by atoms with Crippen LogP contribution >= 0.6 is 11.6 Å². The molecule has 3 fully saturated rings. The summed E-state index contributed by atoms with van der Waals surface area (Å²) in [5, 5.41) is 8.98. The first-order chi connectivity index (χ1) is 13.8. The molecule has 0 saturated heterocycles. The summed E-state index contributed by atoms with van der Waals surface area (Å²) in [5.41, 5.74) is 0.0733. The SMILES string of the molecule is CC1(COc2cc(F)c([S+]([O-])[C@@H]3CCC[C@H]3C(=O)O)cc2Cl)C[C@@H]2CC[C@@H](C2)C1. The van der Waals surface area contributed by atoms with Gasteiger partial charge in [-0.05, 0) is 61.5 Å². The number of hydrogen-bond donors (Lipinski definition) is 1. The minimum absolute atomic E-state index is 0.0255. The van der Waals surface area contributed by atoms with Crippen LogP contribution in [0.1, 0.15) is 58.3 Å². The summed E-state index contributed by atoms with van der Waals surface area (Å²) in [6, 6.07) is 2.56. The number of rotatable bonds is 6. The van der Waals surface area contributed by atoms with E-state index in [2.05, 4.69) is 6.92 Å². The van der Waals surface area contributed by atoms with Crippen molar-refractivity contribution in [3.8, 4) is 5.75 Å². The van der Waals surface area contributed by atoms with Gasteiger partial charge < -0.3 is 14.4 Å². The largest absolute Gasteiger partial charge is 0.611 e. The van der Waals surface area contributed by atoms with Gasteiger partial charge in [0.15, 0.2) is 10.7 Å². The predicted molar refractivity (Wildman–Crippen MR) is 110 cm³/mol. The second-order valence-electron chi connectivity index (χ2n) is 9.48. The number of benzene rings is 1. The number of fused-ring (bicyclic) bond motifs is 2. The minimum Gasteiger partial charge on any atom is -0.611 e. The molecule has 0 radical (unpaired) electrons. The first-order valence-corrected chi connectivity index (χ1v) is 12.1. The number of aliphatic carboxylic acids is 1. The molecule has 160 valence electrons. The van der Waals surface area contributed by atoms with Gasteiger partial charge in [0.2, 0.25) is 0 Å². The maximum absolute atomic E-state index is 14.8. The van der Waals surface area contributed by atoms with Gasteiger partial charge in [0.05, 0.1) is 11.6 Å². The van der Waals surface area contributed by atoms with Crippen LogP contribution in [0, 0.1) is 29.0 Å². The van der Waals surface area contributed by atoms with E-state index in [0.29, 0.717) is 25.9 Å². The second-order valence-corrected chi connectivity index (χ2v) is 11.5. The molecule has 0 spiro atoms. The van der Waals surface area contributed by atoms with Gasteiger partial charge >= 0.3 is 5.97 Å². The fourth-order valence-electron chi connectivity index (χ4n) is 5.80. The number of halogens is 2. The summed E-state index contributed by atoms with van der Waals surface area (Å²) < 4.78 is 33.6. The van der Waals surface area contributed by atoms with Crippen molar-refractivity contribution in [2.24, 2.45) is 23.2 Å². The Morgan fingerprint density at radius 1 is 1.31 bits per heavy atom. The van der Waals surface area contributed by atoms with Crippen LogP contribution in [-0.2, 0) is 16.0 Å². The molecule has 3 aliphatic carbocycles. The Morgan fingerprint density at radius 2 is 2.00 bits per heavy atom. The molecule has 4 rings (SSSR count). The third kappa shape index (κ3) is 4.40. The van der Waals surface area contributed by atoms with Gasteiger partial charge in [-0.2, -0.15) is 0 Å². The fourth-order valence-corrected chi connectivity index (χ4v) is 7.83. The Hall–Kier alpha value is -0.980. The molecule has 3 aliphatic rings. The van der Waals surface area contributed by atoms with Crippen molar-refractivity contribution in [1.29, 1.82) is 0 Å². The van der Waals surface area contributed by atoms with Crippen molar-refractivity contribution in [3.63, 3.8) is 0 Å². The zero-order valence-electron chi connectivity index (χ0n) is 16.7. The van der Waals surface area contributed by atoms with E-state index < -0.39 is 34.1 Å². The smallest absolute Gasteiger partial charge is 0.311 e. The molecule has 7 heteroatoms. The highest BCUT2D eigenvalue weighted by Crippen LogP contribution is 2.50. The first-order valence-electron chi connectivity index (χ1n) is 10.5. The number of ether oxygens (including phenoxy) is 1. The van der Waals surface area contributed by atoms with Crippen LogP contribution < -0.4 is 4.74 Å². The van der Waals surface area contributed by atoms with Gasteiger partial charge in [-0.25, -0.2) is 4.39 Å². The van der Waals surface area contributed by atoms with E-state index >= 15 is 0 Å². The lowest BCUT2D eigenvalue weighted by Crippen LogP contribution is -2.32. The topological polar surface area (TPSA) is 69.6 Å². The fraction of sp³-hybridized carbons (Fsp3) is 0.682. The van der Waals surface area contributed by atoms with Crippen LogP contribution in [0.4, 0.5) is 4.39 Å². The van der Waals surface area contributed by atoms with Crippen molar-refractivity contribution < 1.29 is 23.6 Å². The van der Waals surface area contributed by atoms with E-state index in [1.807, 2.05) is 0 Å². The molecular formula is C22H28ClFO4S. The van der Waals surface area contributed by atoms with Crippen molar-refractivity contribution >= 4 is 28.7 Å². The highest BCUT2D eigenvalue weighted by atomic mass is 35.5. The lowest BCUT2D eigenvalue weighted by molar-refractivity contribution is -0.141. The molecule has 2 unspecified atom stereocenters. The lowest BCUT2D eigenvalue weighted by atomic mass is 9.71. The standard InChI is InChI=1S/C22H28ClFO4S/c1-22(10-13-5-6-14(7-13)11-22)12-28-18-9-17(24)20(8-16(18)23)29(27)19-4-2-3-15(19)21(25)26/h8-9,13-15,19H,2-7,10-12H2,1H3,(H,25,26)/t13-,14+,15-,19-,22?,29?/m1/s1. The molecule has 4 nitrogen and oxygen atoms in total. The molecule has 1 aromatic rings. The van der Waals surface area contributed by atoms with Crippen LogP contribution in [0.15, 0.2) is 17.0 Å². The van der Waals surface area contributed by atoms with E-state index in [-0.39, 0.29) is 21.1 Å². The molecule has 6 atom stereocenters. The summed E-state index contributed by atoms with van der Waals surface area (Å²) >= 11 is 4.59. The normalized spacial score (nSPS) is 34.9. The van der Waals surface area contributed by atoms with E-state index in [1.165, 1.54) is 31.4 Å². The van der Waals surface area contributed by atoms with Crippen molar-refractivity contribution in [1.82, 2.24) is 0 Å². The number of carboxylic acids is 1. The molecule has 0 aliphatic heterocycles. The zero-order chi connectivity index (χ0) is 20.8. The van der Waals surface area contributed by atoms with Gasteiger partial charge in [0.1, 0.15) is 16.9 Å². The summed E-state index contributed by atoms with van der Waals surface area (Å²) in [6.45, 7) is 2.72. The molecule has 1 aromatic carbocycles. The van der Waals surface area contributed by atoms with Crippen LogP contribution in [0.2, 0.25) is 5.02 Å². The number of carbonyl (C=O) groups is 1. The Morgan fingerprint density at radius 3 is 2.66 bits per heavy atom. The lowest BCUT2D eigenvalue weighted by Gasteiger charge is -2.37. The Labute approximate surface area is 179 Å². The van der Waals surface area contributed by atoms with E-state index in [4.69, 9.17) is 16.3 Å². The maximum atomic E-state index is 14.8. The zero-order valence-corrected chi connectivity index (χ0v) is 18.2. The van der Waals surface area contributed by atoms with Crippen LogP contribution in [0.5, 0.6) is 5.75 Å². The summed E-state index contributed by atoms with van der Waals surface area (Å²) in [5.74, 6) is -0.507. The molecule has 29 heavy (non-hydrogen) atoms. The molecule has 1 N–H and O–H groups in total. The molecule has 2 bridgehead atoms. The Balaban J connectivity index is 1.46. The molecule has 0 heterocycles. The third-order valence-corrected chi connectivity index (χ3v) is 9.19. The quantitative estimate of drug-likeness (QED) is 0.596. The highest BCUT2D eigenvalue weighted by molar-refractivity contribution is 7.92.